The zero-order chi connectivity index (χ0) is 12.8. The van der Waals surface area contributed by atoms with Crippen LogP contribution < -0.4 is 0 Å². The maximum Gasteiger partial charge on any atom is 0.338 e. The summed E-state index contributed by atoms with van der Waals surface area (Å²) < 4.78 is 5.17. The van der Waals surface area contributed by atoms with Crippen LogP contribution in [0.25, 0.3) is 0 Å². The second-order valence-electron chi connectivity index (χ2n) is 3.81. The molecule has 17 heavy (non-hydrogen) atoms. The molecule has 1 rings (SSSR count). The number of hydrogen-bond acceptors (Lipinski definition) is 4. The predicted octanol–water partition coefficient (Wildman–Crippen LogP) is 2.94. The lowest BCUT2D eigenvalue weighted by molar-refractivity contribution is -0.384. The Morgan fingerprint density at radius 2 is 2.00 bits per heavy atom. The van der Waals surface area contributed by atoms with Crippen LogP contribution >= 0.6 is 0 Å². The Bertz CT molecular complexity index is 399. The van der Waals surface area contributed by atoms with E-state index in [1.54, 1.807) is 0 Å². The molecule has 0 aliphatic rings. The molecule has 0 spiro atoms. The number of esters is 1. The van der Waals surface area contributed by atoms with Crippen LogP contribution in [0.5, 0.6) is 0 Å². The first-order valence-electron chi connectivity index (χ1n) is 5.50. The van der Waals surface area contributed by atoms with E-state index in [0.717, 1.165) is 12.8 Å². The molecule has 0 saturated carbocycles. The fraction of sp³-hybridized carbons (Fsp3) is 0.417. The van der Waals surface area contributed by atoms with Gasteiger partial charge in [-0.2, -0.15) is 0 Å². The fourth-order valence-electron chi connectivity index (χ4n) is 1.44. The minimum atomic E-state index is -0.505. The van der Waals surface area contributed by atoms with Crippen molar-refractivity contribution in [3.63, 3.8) is 0 Å². The summed E-state index contributed by atoms with van der Waals surface area (Å²) in [6, 6.07) is 5.39. The summed E-state index contributed by atoms with van der Waals surface area (Å²) in [5.41, 5.74) is 0.293. The number of hydrogen-bond donors (Lipinski definition) is 0. The maximum absolute atomic E-state index is 11.6. The quantitative estimate of drug-likeness (QED) is 0.448. The van der Waals surface area contributed by atoms with Crippen LogP contribution in [0.4, 0.5) is 5.69 Å². The van der Waals surface area contributed by atoms with Crippen LogP contribution in [0.2, 0.25) is 0 Å². The fourth-order valence-corrected chi connectivity index (χ4v) is 1.44. The first kappa shape index (κ1) is 13.2. The molecule has 0 heterocycles. The molecule has 92 valence electrons. The van der Waals surface area contributed by atoms with Gasteiger partial charge in [-0.3, -0.25) is 10.1 Å². The Kier molecular flexibility index (Phi) is 4.63. The molecule has 0 aliphatic carbocycles. The van der Waals surface area contributed by atoms with E-state index in [-0.39, 0.29) is 11.8 Å². The van der Waals surface area contributed by atoms with Crippen molar-refractivity contribution in [3.8, 4) is 0 Å². The van der Waals surface area contributed by atoms with Gasteiger partial charge in [0.15, 0.2) is 0 Å². The number of ether oxygens (including phenoxy) is 1. The molecule has 0 aromatic heterocycles. The minimum absolute atomic E-state index is 0.0387. The smallest absolute Gasteiger partial charge is 0.338 e. The van der Waals surface area contributed by atoms with Gasteiger partial charge in [0, 0.05) is 12.1 Å². The molecule has 1 unspecified atom stereocenters. The number of carbonyl (C=O) groups excluding carboxylic acids is 1. The minimum Gasteiger partial charge on any atom is -0.459 e. The maximum atomic E-state index is 11.6. The van der Waals surface area contributed by atoms with Crippen LogP contribution in [0.3, 0.4) is 0 Å². The van der Waals surface area contributed by atoms with Gasteiger partial charge in [-0.15, -0.1) is 0 Å². The van der Waals surface area contributed by atoms with Crippen molar-refractivity contribution in [3.05, 3.63) is 39.9 Å². The van der Waals surface area contributed by atoms with Gasteiger partial charge < -0.3 is 4.74 Å². The molecule has 0 bridgehead atoms. The highest BCUT2D eigenvalue weighted by atomic mass is 16.6. The molecular formula is C12H15NO4. The van der Waals surface area contributed by atoms with Gasteiger partial charge >= 0.3 is 5.97 Å². The molecule has 5 nitrogen and oxygen atoms in total. The number of carbonyl (C=O) groups is 1. The number of nitrogens with zero attached hydrogens (tertiary/aromatic N) is 1. The summed E-state index contributed by atoms with van der Waals surface area (Å²) in [7, 11) is 0. The average Bonchev–Trinajstić information content (AvgIpc) is 2.29. The zero-order valence-corrected chi connectivity index (χ0v) is 9.88. The molecular weight excluding hydrogens is 222 g/mol. The Balaban J connectivity index is 2.66. The highest BCUT2D eigenvalue weighted by Gasteiger charge is 2.13. The van der Waals surface area contributed by atoms with Crippen LogP contribution in [0.15, 0.2) is 24.3 Å². The summed E-state index contributed by atoms with van der Waals surface area (Å²) in [6.07, 6.45) is 1.61. The number of nitro groups is 1. The normalized spacial score (nSPS) is 11.9. The molecule has 5 heteroatoms. The number of non-ortho nitro benzene ring substituents is 1. The summed E-state index contributed by atoms with van der Waals surface area (Å²) in [4.78, 5) is 21.5. The van der Waals surface area contributed by atoms with E-state index >= 15 is 0 Å². The standard InChI is InChI=1S/C12H15NO4/c1-3-4-9(2)17-12(14)10-5-7-11(8-6-10)13(15)16/h5-9H,3-4H2,1-2H3. The third-order valence-electron chi connectivity index (χ3n) is 2.32. The van der Waals surface area contributed by atoms with Crippen LogP contribution in [-0.2, 0) is 4.74 Å². The second kappa shape index (κ2) is 5.98. The first-order valence-corrected chi connectivity index (χ1v) is 5.50. The molecule has 0 radical (unpaired) electrons. The summed E-state index contributed by atoms with van der Waals surface area (Å²) in [5.74, 6) is -0.444. The van der Waals surface area contributed by atoms with E-state index in [1.807, 2.05) is 13.8 Å². The predicted molar refractivity (Wildman–Crippen MR) is 62.9 cm³/mol. The number of benzene rings is 1. The van der Waals surface area contributed by atoms with E-state index in [0.29, 0.717) is 5.56 Å². The first-order chi connectivity index (χ1) is 8.04. The summed E-state index contributed by atoms with van der Waals surface area (Å²) >= 11 is 0. The largest absolute Gasteiger partial charge is 0.459 e. The Hall–Kier alpha value is -1.91. The lowest BCUT2D eigenvalue weighted by atomic mass is 10.2. The van der Waals surface area contributed by atoms with Gasteiger partial charge in [0.05, 0.1) is 16.6 Å². The van der Waals surface area contributed by atoms with E-state index in [1.165, 1.54) is 24.3 Å². The van der Waals surface area contributed by atoms with E-state index in [9.17, 15) is 14.9 Å². The molecule has 0 saturated heterocycles. The van der Waals surface area contributed by atoms with Gasteiger partial charge in [0.25, 0.3) is 5.69 Å². The summed E-state index contributed by atoms with van der Waals surface area (Å²) in [6.45, 7) is 3.84. The molecule has 1 aromatic rings. The lowest BCUT2D eigenvalue weighted by Gasteiger charge is -2.11. The van der Waals surface area contributed by atoms with Crippen LogP contribution in [0.1, 0.15) is 37.0 Å². The highest BCUT2D eigenvalue weighted by Crippen LogP contribution is 2.13. The van der Waals surface area contributed by atoms with Crippen molar-refractivity contribution in [2.24, 2.45) is 0 Å². The van der Waals surface area contributed by atoms with Gasteiger partial charge in [0.1, 0.15) is 0 Å². The zero-order valence-electron chi connectivity index (χ0n) is 9.88. The van der Waals surface area contributed by atoms with Gasteiger partial charge in [-0.25, -0.2) is 4.79 Å². The molecule has 0 fully saturated rings. The van der Waals surface area contributed by atoms with Gasteiger partial charge in [-0.05, 0) is 25.5 Å². The third-order valence-corrected chi connectivity index (χ3v) is 2.32. The van der Waals surface area contributed by atoms with Gasteiger partial charge in [-0.1, -0.05) is 13.3 Å². The van der Waals surface area contributed by atoms with E-state index in [2.05, 4.69) is 0 Å². The van der Waals surface area contributed by atoms with Crippen molar-refractivity contribution in [2.45, 2.75) is 32.8 Å². The molecule has 0 aliphatic heterocycles. The Morgan fingerprint density at radius 1 is 1.41 bits per heavy atom. The van der Waals surface area contributed by atoms with Crippen molar-refractivity contribution in [2.75, 3.05) is 0 Å². The number of nitro benzene ring substituents is 1. The Morgan fingerprint density at radius 3 is 2.47 bits per heavy atom. The highest BCUT2D eigenvalue weighted by molar-refractivity contribution is 5.89. The molecule has 1 atom stereocenters. The third kappa shape index (κ3) is 3.86. The Labute approximate surface area is 99.5 Å². The molecule has 1 aromatic carbocycles. The van der Waals surface area contributed by atoms with Crippen LogP contribution in [-0.4, -0.2) is 17.0 Å². The van der Waals surface area contributed by atoms with Crippen molar-refractivity contribution in [1.29, 1.82) is 0 Å². The second-order valence-corrected chi connectivity index (χ2v) is 3.81. The van der Waals surface area contributed by atoms with Crippen molar-refractivity contribution in [1.82, 2.24) is 0 Å². The van der Waals surface area contributed by atoms with E-state index in [4.69, 9.17) is 4.74 Å². The topological polar surface area (TPSA) is 69.4 Å². The monoisotopic (exact) mass is 237 g/mol. The van der Waals surface area contributed by atoms with Crippen molar-refractivity contribution >= 4 is 11.7 Å². The van der Waals surface area contributed by atoms with Crippen molar-refractivity contribution < 1.29 is 14.5 Å². The van der Waals surface area contributed by atoms with Crippen LogP contribution in [0, 0.1) is 10.1 Å². The summed E-state index contributed by atoms with van der Waals surface area (Å²) in [5, 5.41) is 10.4. The molecule has 0 amide bonds. The van der Waals surface area contributed by atoms with E-state index < -0.39 is 10.9 Å². The average molecular weight is 237 g/mol. The molecule has 0 N–H and O–H groups in total. The SMILES string of the molecule is CCCC(C)OC(=O)c1ccc([N+](=O)[O-])cc1. The number of rotatable bonds is 5. The lowest BCUT2D eigenvalue weighted by Crippen LogP contribution is -2.14. The van der Waals surface area contributed by atoms with Gasteiger partial charge in [0.2, 0.25) is 0 Å².